The average Bonchev–Trinajstić information content (AvgIpc) is 3.16. The van der Waals surface area contributed by atoms with Gasteiger partial charge < -0.3 is 14.5 Å². The predicted octanol–water partition coefficient (Wildman–Crippen LogP) is 4.56. The van der Waals surface area contributed by atoms with Crippen molar-refractivity contribution in [2.75, 3.05) is 56.2 Å². The van der Waals surface area contributed by atoms with Crippen molar-refractivity contribution in [2.45, 2.75) is 18.8 Å². The molecule has 1 unspecified atom stereocenters. The van der Waals surface area contributed by atoms with Gasteiger partial charge in [-0.1, -0.05) is 48.5 Å². The van der Waals surface area contributed by atoms with Gasteiger partial charge in [-0.15, -0.1) is 0 Å². The minimum absolute atomic E-state index is 0.208. The van der Waals surface area contributed by atoms with Gasteiger partial charge in [-0.3, -0.25) is 9.69 Å². The van der Waals surface area contributed by atoms with Gasteiger partial charge >= 0.3 is 0 Å². The summed E-state index contributed by atoms with van der Waals surface area (Å²) in [4.78, 5) is 20.9. The van der Waals surface area contributed by atoms with Gasteiger partial charge in [0.15, 0.2) is 0 Å². The fraction of sp³-hybridized carbons (Fsp3) is 0.345. The van der Waals surface area contributed by atoms with Crippen LogP contribution < -0.4 is 14.5 Å². The number of anilines is 2. The molecule has 1 atom stereocenters. The SMILES string of the molecule is CCN1C(=O)C(CCN2CCN(c3ccc(OC)cc3)CC2)(c2ccccc2)c2ccccc21. The van der Waals surface area contributed by atoms with Crippen LogP contribution in [0.3, 0.4) is 0 Å². The molecule has 3 aromatic rings. The van der Waals surface area contributed by atoms with Gasteiger partial charge in [0.25, 0.3) is 0 Å². The van der Waals surface area contributed by atoms with Crippen molar-refractivity contribution in [2.24, 2.45) is 0 Å². The van der Waals surface area contributed by atoms with E-state index in [0.29, 0.717) is 6.54 Å². The Morgan fingerprint density at radius 1 is 0.853 bits per heavy atom. The van der Waals surface area contributed by atoms with Gasteiger partial charge in [0, 0.05) is 44.1 Å². The summed E-state index contributed by atoms with van der Waals surface area (Å²) in [6.45, 7) is 7.59. The molecule has 0 aromatic heterocycles. The van der Waals surface area contributed by atoms with E-state index in [1.165, 1.54) is 5.69 Å². The van der Waals surface area contributed by atoms with E-state index >= 15 is 0 Å². The van der Waals surface area contributed by atoms with Crippen molar-refractivity contribution >= 4 is 17.3 Å². The molecule has 0 spiro atoms. The molecule has 2 aliphatic rings. The Kier molecular flexibility index (Phi) is 6.29. The third-order valence-corrected chi connectivity index (χ3v) is 7.46. The van der Waals surface area contributed by atoms with Crippen LogP contribution in [0.5, 0.6) is 5.75 Å². The molecule has 0 aliphatic carbocycles. The van der Waals surface area contributed by atoms with Crippen LogP contribution in [-0.2, 0) is 10.2 Å². The van der Waals surface area contributed by atoms with Gasteiger partial charge in [0.05, 0.1) is 7.11 Å². The number of piperazine rings is 1. The van der Waals surface area contributed by atoms with E-state index in [1.807, 2.05) is 29.2 Å². The Morgan fingerprint density at radius 2 is 1.53 bits per heavy atom. The summed E-state index contributed by atoms with van der Waals surface area (Å²) in [6.07, 6.45) is 0.784. The minimum atomic E-state index is -0.624. The first-order valence-corrected chi connectivity index (χ1v) is 12.3. The van der Waals surface area contributed by atoms with Crippen LogP contribution in [-0.4, -0.2) is 57.2 Å². The highest BCUT2D eigenvalue weighted by Gasteiger charge is 2.51. The number of rotatable bonds is 7. The first-order chi connectivity index (χ1) is 16.7. The Morgan fingerprint density at radius 3 is 2.21 bits per heavy atom. The van der Waals surface area contributed by atoms with Crippen molar-refractivity contribution in [3.8, 4) is 5.75 Å². The molecule has 3 aromatic carbocycles. The zero-order valence-corrected chi connectivity index (χ0v) is 20.1. The average molecular weight is 456 g/mol. The molecule has 34 heavy (non-hydrogen) atoms. The van der Waals surface area contributed by atoms with E-state index in [9.17, 15) is 4.79 Å². The number of para-hydroxylation sites is 1. The van der Waals surface area contributed by atoms with Crippen LogP contribution >= 0.6 is 0 Å². The van der Waals surface area contributed by atoms with Crippen molar-refractivity contribution in [3.05, 3.63) is 90.0 Å². The maximum atomic E-state index is 14.0. The van der Waals surface area contributed by atoms with Crippen molar-refractivity contribution < 1.29 is 9.53 Å². The van der Waals surface area contributed by atoms with Crippen LogP contribution in [0.1, 0.15) is 24.5 Å². The molecule has 1 saturated heterocycles. The Labute approximate surface area is 202 Å². The molecule has 5 heteroatoms. The summed E-state index contributed by atoms with van der Waals surface area (Å²) < 4.78 is 5.29. The van der Waals surface area contributed by atoms with Gasteiger partial charge in [-0.05, 0) is 61.3 Å². The number of carbonyl (C=O) groups is 1. The van der Waals surface area contributed by atoms with Gasteiger partial charge in [0.2, 0.25) is 5.91 Å². The highest BCUT2D eigenvalue weighted by molar-refractivity contribution is 6.10. The molecule has 0 bridgehead atoms. The molecule has 5 rings (SSSR count). The molecule has 2 heterocycles. The molecule has 176 valence electrons. The largest absolute Gasteiger partial charge is 0.497 e. The second-order valence-corrected chi connectivity index (χ2v) is 9.11. The molecule has 0 saturated carbocycles. The van der Waals surface area contributed by atoms with Crippen molar-refractivity contribution in [1.82, 2.24) is 4.90 Å². The van der Waals surface area contributed by atoms with E-state index in [-0.39, 0.29) is 5.91 Å². The maximum absolute atomic E-state index is 14.0. The second-order valence-electron chi connectivity index (χ2n) is 9.11. The van der Waals surface area contributed by atoms with E-state index < -0.39 is 5.41 Å². The summed E-state index contributed by atoms with van der Waals surface area (Å²) in [5.74, 6) is 1.09. The topological polar surface area (TPSA) is 36.0 Å². The Bertz CT molecular complexity index is 1120. The minimum Gasteiger partial charge on any atom is -0.497 e. The number of methoxy groups -OCH3 is 1. The molecule has 0 N–H and O–H groups in total. The molecular formula is C29H33N3O2. The normalized spacial score (nSPS) is 20.5. The third-order valence-electron chi connectivity index (χ3n) is 7.46. The van der Waals surface area contributed by atoms with Crippen molar-refractivity contribution in [3.63, 3.8) is 0 Å². The maximum Gasteiger partial charge on any atom is 0.242 e. The standard InChI is InChI=1S/C29H33N3O2/c1-3-32-27-12-8-7-11-26(27)29(28(32)33,23-9-5-4-6-10-23)17-18-30-19-21-31(22-20-30)24-13-15-25(34-2)16-14-24/h4-16H,3,17-22H2,1-2H3. The van der Waals surface area contributed by atoms with E-state index in [0.717, 1.165) is 61.7 Å². The number of ether oxygens (including phenoxy) is 1. The third kappa shape index (κ3) is 3.84. The van der Waals surface area contributed by atoms with E-state index in [1.54, 1.807) is 7.11 Å². The number of hydrogen-bond acceptors (Lipinski definition) is 4. The molecule has 1 amide bonds. The highest BCUT2D eigenvalue weighted by Crippen LogP contribution is 2.48. The molecule has 0 radical (unpaired) electrons. The van der Waals surface area contributed by atoms with Crippen LogP contribution in [0.25, 0.3) is 0 Å². The fourth-order valence-corrected chi connectivity index (χ4v) is 5.57. The summed E-state index contributed by atoms with van der Waals surface area (Å²) in [6, 6.07) is 27.0. The van der Waals surface area contributed by atoms with E-state index in [2.05, 4.69) is 71.3 Å². The van der Waals surface area contributed by atoms with Crippen LogP contribution in [0, 0.1) is 0 Å². The van der Waals surface area contributed by atoms with Gasteiger partial charge in [0.1, 0.15) is 11.2 Å². The molecule has 2 aliphatic heterocycles. The number of benzene rings is 3. The van der Waals surface area contributed by atoms with Crippen molar-refractivity contribution in [1.29, 1.82) is 0 Å². The Balaban J connectivity index is 1.35. The molecular weight excluding hydrogens is 422 g/mol. The van der Waals surface area contributed by atoms with Crippen LogP contribution in [0.2, 0.25) is 0 Å². The number of hydrogen-bond donors (Lipinski definition) is 0. The van der Waals surface area contributed by atoms with Crippen LogP contribution in [0.4, 0.5) is 11.4 Å². The lowest BCUT2D eigenvalue weighted by Gasteiger charge is -2.38. The van der Waals surface area contributed by atoms with Gasteiger partial charge in [-0.25, -0.2) is 0 Å². The Hall–Kier alpha value is -3.31. The lowest BCUT2D eigenvalue weighted by Crippen LogP contribution is -2.49. The quantitative estimate of drug-likeness (QED) is 0.523. The summed E-state index contributed by atoms with van der Waals surface area (Å²) in [5, 5.41) is 0. The van der Waals surface area contributed by atoms with E-state index in [4.69, 9.17) is 4.74 Å². The number of nitrogens with zero attached hydrogens (tertiary/aromatic N) is 3. The van der Waals surface area contributed by atoms with Gasteiger partial charge in [-0.2, -0.15) is 0 Å². The smallest absolute Gasteiger partial charge is 0.242 e. The zero-order valence-electron chi connectivity index (χ0n) is 20.1. The summed E-state index contributed by atoms with van der Waals surface area (Å²) in [7, 11) is 1.70. The monoisotopic (exact) mass is 455 g/mol. The number of likely N-dealkylation sites (N-methyl/N-ethyl adjacent to an activating group) is 1. The molecule has 1 fully saturated rings. The summed E-state index contributed by atoms with van der Waals surface area (Å²) >= 11 is 0. The lowest BCUT2D eigenvalue weighted by atomic mass is 9.72. The summed E-state index contributed by atoms with van der Waals surface area (Å²) in [5.41, 5.74) is 3.91. The first kappa shape index (κ1) is 22.5. The fourth-order valence-electron chi connectivity index (χ4n) is 5.57. The molecule has 5 nitrogen and oxygen atoms in total. The highest BCUT2D eigenvalue weighted by atomic mass is 16.5. The lowest BCUT2D eigenvalue weighted by molar-refractivity contribution is -0.122. The number of carbonyl (C=O) groups excluding carboxylic acids is 1. The number of fused-ring (bicyclic) bond motifs is 1. The second kappa shape index (κ2) is 9.51. The zero-order chi connectivity index (χ0) is 23.5. The van der Waals surface area contributed by atoms with Crippen LogP contribution in [0.15, 0.2) is 78.9 Å². The number of amides is 1. The first-order valence-electron chi connectivity index (χ1n) is 12.3. The predicted molar refractivity (Wildman–Crippen MR) is 138 cm³/mol.